The third-order valence-electron chi connectivity index (χ3n) is 5.24. The Balaban J connectivity index is 1.45. The minimum absolute atomic E-state index is 0.0681. The number of nitrogens with zero attached hydrogens (tertiary/aromatic N) is 2. The van der Waals surface area contributed by atoms with Gasteiger partial charge in [-0.1, -0.05) is 12.1 Å². The van der Waals surface area contributed by atoms with E-state index < -0.39 is 0 Å². The average Bonchev–Trinajstić information content (AvgIpc) is 3.39. The lowest BCUT2D eigenvalue weighted by Crippen LogP contribution is -2.12. The van der Waals surface area contributed by atoms with Crippen molar-refractivity contribution in [1.82, 2.24) is 9.97 Å². The monoisotopic (exact) mass is 441 g/mol. The first-order valence-corrected chi connectivity index (χ1v) is 10.8. The fourth-order valence-corrected chi connectivity index (χ4v) is 4.53. The lowest BCUT2D eigenvalue weighted by molar-refractivity contribution is 0.102. The predicted molar refractivity (Wildman–Crippen MR) is 130 cm³/mol. The van der Waals surface area contributed by atoms with Gasteiger partial charge in [0.25, 0.3) is 5.91 Å². The number of para-hydroxylation sites is 2. The summed E-state index contributed by atoms with van der Waals surface area (Å²) >= 11 is 1.52. The van der Waals surface area contributed by atoms with E-state index in [-0.39, 0.29) is 11.8 Å². The van der Waals surface area contributed by atoms with Gasteiger partial charge in [0.1, 0.15) is 0 Å². The maximum Gasteiger partial charge on any atom is 0.255 e. The van der Waals surface area contributed by atoms with E-state index in [4.69, 9.17) is 5.73 Å². The Morgan fingerprint density at radius 1 is 1.12 bits per heavy atom. The van der Waals surface area contributed by atoms with Gasteiger partial charge in [-0.25, -0.2) is 4.98 Å². The number of anilines is 2. The number of hydrogen-bond donors (Lipinski definition) is 4. The van der Waals surface area contributed by atoms with Gasteiger partial charge < -0.3 is 21.1 Å². The van der Waals surface area contributed by atoms with Crippen LogP contribution >= 0.6 is 11.3 Å². The molecule has 5 aromatic rings. The number of benzene rings is 3. The van der Waals surface area contributed by atoms with Crippen molar-refractivity contribution in [3.05, 3.63) is 77.3 Å². The van der Waals surface area contributed by atoms with Crippen molar-refractivity contribution in [2.45, 2.75) is 6.92 Å². The third kappa shape index (κ3) is 3.46. The number of nitrogen functional groups attached to an aromatic ring is 1. The van der Waals surface area contributed by atoms with E-state index in [1.807, 2.05) is 31.2 Å². The van der Waals surface area contributed by atoms with Crippen molar-refractivity contribution in [3.63, 3.8) is 0 Å². The molecule has 0 radical (unpaired) electrons. The first kappa shape index (κ1) is 19.8. The molecule has 3 aromatic carbocycles. The van der Waals surface area contributed by atoms with Gasteiger partial charge in [0, 0.05) is 10.9 Å². The van der Waals surface area contributed by atoms with Gasteiger partial charge in [-0.3, -0.25) is 9.79 Å². The molecule has 32 heavy (non-hydrogen) atoms. The highest BCUT2D eigenvalue weighted by atomic mass is 32.1. The molecule has 0 bridgehead atoms. The van der Waals surface area contributed by atoms with E-state index in [0.717, 1.165) is 21.1 Å². The summed E-state index contributed by atoms with van der Waals surface area (Å²) in [6.45, 7) is 1.85. The van der Waals surface area contributed by atoms with Crippen LogP contribution in [0.2, 0.25) is 0 Å². The predicted octanol–water partition coefficient (Wildman–Crippen LogP) is 5.46. The van der Waals surface area contributed by atoms with Gasteiger partial charge in [-0.05, 0) is 55.5 Å². The number of nitrogens with two attached hydrogens (primary N) is 1. The maximum atomic E-state index is 12.5. The van der Waals surface area contributed by atoms with E-state index in [9.17, 15) is 9.90 Å². The number of thiazole rings is 1. The minimum Gasteiger partial charge on any atom is -0.494 e. The van der Waals surface area contributed by atoms with Crippen LogP contribution in [0.5, 0.6) is 5.88 Å². The summed E-state index contributed by atoms with van der Waals surface area (Å²) in [7, 11) is 0. The summed E-state index contributed by atoms with van der Waals surface area (Å²) in [6.07, 6.45) is 0. The number of aromatic nitrogens is 2. The van der Waals surface area contributed by atoms with Crippen molar-refractivity contribution >= 4 is 61.1 Å². The molecule has 0 saturated heterocycles. The van der Waals surface area contributed by atoms with E-state index >= 15 is 0 Å². The minimum atomic E-state index is -0.253. The summed E-state index contributed by atoms with van der Waals surface area (Å²) in [5, 5.41) is 14.3. The number of amides is 1. The van der Waals surface area contributed by atoms with Gasteiger partial charge in [0.15, 0.2) is 5.88 Å². The Bertz CT molecular complexity index is 1500. The number of carbonyl (C=O) groups excluding carboxylic acids is 1. The van der Waals surface area contributed by atoms with E-state index in [2.05, 4.69) is 20.3 Å². The molecule has 158 valence electrons. The molecule has 0 aliphatic carbocycles. The number of hydrogen-bond acceptors (Lipinski definition) is 6. The fourth-order valence-electron chi connectivity index (χ4n) is 3.68. The zero-order valence-electron chi connectivity index (χ0n) is 17.1. The molecule has 2 heterocycles. The molecular formula is C24H19N5O2S. The highest BCUT2D eigenvalue weighted by Gasteiger charge is 2.17. The Morgan fingerprint density at radius 2 is 1.91 bits per heavy atom. The second kappa shape index (κ2) is 7.82. The molecule has 5 rings (SSSR count). The molecule has 0 fully saturated rings. The molecule has 0 atom stereocenters. The topological polar surface area (TPSA) is 116 Å². The maximum absolute atomic E-state index is 12.5. The zero-order valence-corrected chi connectivity index (χ0v) is 17.9. The lowest BCUT2D eigenvalue weighted by Gasteiger charge is -2.08. The average molecular weight is 442 g/mol. The van der Waals surface area contributed by atoms with Crippen LogP contribution in [0.1, 0.15) is 22.8 Å². The summed E-state index contributed by atoms with van der Waals surface area (Å²) in [4.78, 5) is 24.6. The van der Waals surface area contributed by atoms with E-state index in [1.165, 1.54) is 11.3 Å². The molecule has 0 aliphatic rings. The van der Waals surface area contributed by atoms with Crippen LogP contribution in [0, 0.1) is 0 Å². The first-order valence-electron chi connectivity index (χ1n) is 9.89. The second-order valence-electron chi connectivity index (χ2n) is 7.32. The molecule has 0 saturated carbocycles. The lowest BCUT2D eigenvalue weighted by atomic mass is 10.1. The van der Waals surface area contributed by atoms with Crippen LogP contribution in [0.3, 0.4) is 0 Å². The number of aromatic amines is 1. The van der Waals surface area contributed by atoms with Crippen LogP contribution < -0.4 is 11.1 Å². The third-order valence-corrected chi connectivity index (χ3v) is 6.10. The van der Waals surface area contributed by atoms with Crippen molar-refractivity contribution in [2.24, 2.45) is 4.99 Å². The summed E-state index contributed by atoms with van der Waals surface area (Å²) in [6, 6.07) is 17.9. The number of H-pyrrole nitrogens is 1. The van der Waals surface area contributed by atoms with Gasteiger partial charge >= 0.3 is 0 Å². The number of nitrogens with one attached hydrogen (secondary N) is 2. The number of rotatable bonds is 4. The summed E-state index contributed by atoms with van der Waals surface area (Å²) < 4.78 is 0.996. The fraction of sp³-hybridized carbons (Fsp3) is 0.0417. The second-order valence-corrected chi connectivity index (χ2v) is 8.18. The molecule has 8 heteroatoms. The van der Waals surface area contributed by atoms with Crippen molar-refractivity contribution in [3.8, 4) is 5.88 Å². The van der Waals surface area contributed by atoms with Gasteiger partial charge in [-0.2, -0.15) is 0 Å². The van der Waals surface area contributed by atoms with Crippen LogP contribution in [-0.4, -0.2) is 26.7 Å². The molecule has 0 unspecified atom stereocenters. The van der Waals surface area contributed by atoms with Gasteiger partial charge in [0.2, 0.25) is 0 Å². The molecule has 5 N–H and O–H groups in total. The molecular weight excluding hydrogens is 422 g/mol. The molecule has 0 aliphatic heterocycles. The standard InChI is InChI=1S/C24H19N5O2S/c1-13(20-21-18(29-24(20)31)10-11-19-22(21)32-12-26-19)27-15-8-6-14(7-9-15)23(30)28-17-5-3-2-4-16(17)25/h2-12,29,31H,25H2,1H3,(H,28,30). The van der Waals surface area contributed by atoms with E-state index in [0.29, 0.717) is 33.9 Å². The molecule has 7 nitrogen and oxygen atoms in total. The van der Waals surface area contributed by atoms with Crippen LogP contribution in [0.15, 0.2) is 71.2 Å². The number of aliphatic imine (C=N–C) groups is 1. The summed E-state index contributed by atoms with van der Waals surface area (Å²) in [5.41, 5.74) is 12.9. The van der Waals surface area contributed by atoms with E-state index in [1.54, 1.807) is 41.9 Å². The zero-order chi connectivity index (χ0) is 22.2. The Labute approximate surface area is 187 Å². The Morgan fingerprint density at radius 3 is 2.69 bits per heavy atom. The summed E-state index contributed by atoms with van der Waals surface area (Å²) in [5.74, 6) is -0.185. The first-order chi connectivity index (χ1) is 15.5. The van der Waals surface area contributed by atoms with Crippen LogP contribution in [0.25, 0.3) is 21.1 Å². The highest BCUT2D eigenvalue weighted by Crippen LogP contribution is 2.36. The molecule has 1 amide bonds. The quantitative estimate of drug-likeness (QED) is 0.219. The molecule has 2 aromatic heterocycles. The molecule has 0 spiro atoms. The van der Waals surface area contributed by atoms with Gasteiger partial charge in [-0.15, -0.1) is 11.3 Å². The Kier molecular flexibility index (Phi) is 4.84. The number of aromatic hydroxyl groups is 1. The smallest absolute Gasteiger partial charge is 0.255 e. The number of carbonyl (C=O) groups is 1. The highest BCUT2D eigenvalue weighted by molar-refractivity contribution is 7.17. The van der Waals surface area contributed by atoms with Crippen molar-refractivity contribution < 1.29 is 9.90 Å². The van der Waals surface area contributed by atoms with Crippen molar-refractivity contribution in [2.75, 3.05) is 11.1 Å². The normalized spacial score (nSPS) is 11.8. The number of fused-ring (bicyclic) bond motifs is 3. The van der Waals surface area contributed by atoms with Crippen molar-refractivity contribution in [1.29, 1.82) is 0 Å². The largest absolute Gasteiger partial charge is 0.494 e. The van der Waals surface area contributed by atoms with Crippen LogP contribution in [-0.2, 0) is 0 Å². The van der Waals surface area contributed by atoms with Gasteiger partial charge in [0.05, 0.1) is 49.6 Å². The van der Waals surface area contributed by atoms with Crippen LogP contribution in [0.4, 0.5) is 17.1 Å². The SMILES string of the molecule is CC(=Nc1ccc(C(=O)Nc2ccccc2N)cc1)c1c(O)[nH]c2ccc3ncsc3c12. The Hall–Kier alpha value is -4.17.